The molecule has 1 saturated heterocycles. The summed E-state index contributed by atoms with van der Waals surface area (Å²) in [6.45, 7) is 5.30. The molecule has 0 N–H and O–H groups in total. The second-order valence-corrected chi connectivity index (χ2v) is 6.20. The Labute approximate surface area is 127 Å². The molecular weight excluding hydrogens is 288 g/mol. The SMILES string of the molecule is C[C@H]1CN(C(=O)CSc2nnc3ccccn23)C[C@H](C)O1. The van der Waals surface area contributed by atoms with Crippen molar-refractivity contribution in [3.05, 3.63) is 24.4 Å². The van der Waals surface area contributed by atoms with E-state index in [0.717, 1.165) is 10.8 Å². The van der Waals surface area contributed by atoms with E-state index in [9.17, 15) is 4.79 Å². The fourth-order valence-electron chi connectivity index (χ4n) is 2.52. The average Bonchev–Trinajstić information content (AvgIpc) is 2.87. The number of thioether (sulfide) groups is 1. The maximum Gasteiger partial charge on any atom is 0.233 e. The van der Waals surface area contributed by atoms with E-state index in [2.05, 4.69) is 10.2 Å². The Morgan fingerprint density at radius 3 is 2.86 bits per heavy atom. The van der Waals surface area contributed by atoms with Crippen LogP contribution in [0, 0.1) is 0 Å². The van der Waals surface area contributed by atoms with Gasteiger partial charge in [-0.25, -0.2) is 0 Å². The number of aromatic nitrogens is 3. The van der Waals surface area contributed by atoms with E-state index in [4.69, 9.17) is 4.74 Å². The summed E-state index contributed by atoms with van der Waals surface area (Å²) >= 11 is 1.42. The van der Waals surface area contributed by atoms with Crippen molar-refractivity contribution in [2.45, 2.75) is 31.2 Å². The molecule has 0 unspecified atom stereocenters. The number of nitrogens with zero attached hydrogens (tertiary/aromatic N) is 4. The molecule has 1 aliphatic rings. The van der Waals surface area contributed by atoms with Gasteiger partial charge in [0.1, 0.15) is 0 Å². The van der Waals surface area contributed by atoms with E-state index in [1.807, 2.05) is 47.5 Å². The Morgan fingerprint density at radius 1 is 1.33 bits per heavy atom. The predicted octanol–water partition coefficient (Wildman–Crippen LogP) is 1.46. The molecule has 3 heterocycles. The Morgan fingerprint density at radius 2 is 2.10 bits per heavy atom. The number of morpholine rings is 1. The van der Waals surface area contributed by atoms with Crippen LogP contribution in [0.4, 0.5) is 0 Å². The molecule has 0 aromatic carbocycles. The quantitative estimate of drug-likeness (QED) is 0.804. The molecule has 1 amide bonds. The van der Waals surface area contributed by atoms with Crippen LogP contribution < -0.4 is 0 Å². The second kappa shape index (κ2) is 6.03. The molecule has 1 aliphatic heterocycles. The Hall–Kier alpha value is -1.60. The first-order valence-corrected chi connectivity index (χ1v) is 7.98. The second-order valence-electron chi connectivity index (χ2n) is 5.26. The van der Waals surface area contributed by atoms with Gasteiger partial charge in [0, 0.05) is 19.3 Å². The van der Waals surface area contributed by atoms with E-state index >= 15 is 0 Å². The molecule has 0 radical (unpaired) electrons. The summed E-state index contributed by atoms with van der Waals surface area (Å²) in [7, 11) is 0. The molecule has 2 aromatic rings. The lowest BCUT2D eigenvalue weighted by molar-refractivity contribution is -0.140. The molecule has 0 aliphatic carbocycles. The highest BCUT2D eigenvalue weighted by Crippen LogP contribution is 2.18. The fourth-order valence-corrected chi connectivity index (χ4v) is 3.34. The predicted molar refractivity (Wildman–Crippen MR) is 80.3 cm³/mol. The van der Waals surface area contributed by atoms with E-state index in [1.165, 1.54) is 11.8 Å². The summed E-state index contributed by atoms with van der Waals surface area (Å²) in [6, 6.07) is 5.73. The number of hydrogen-bond acceptors (Lipinski definition) is 5. The van der Waals surface area contributed by atoms with Crippen molar-refractivity contribution in [3.63, 3.8) is 0 Å². The molecule has 6 nitrogen and oxygen atoms in total. The number of ether oxygens (including phenoxy) is 1. The van der Waals surface area contributed by atoms with Crippen molar-refractivity contribution < 1.29 is 9.53 Å². The highest BCUT2D eigenvalue weighted by molar-refractivity contribution is 7.99. The van der Waals surface area contributed by atoms with Crippen molar-refractivity contribution in [2.24, 2.45) is 0 Å². The van der Waals surface area contributed by atoms with Gasteiger partial charge in [-0.1, -0.05) is 17.8 Å². The number of hydrogen-bond donors (Lipinski definition) is 0. The van der Waals surface area contributed by atoms with Gasteiger partial charge in [0.15, 0.2) is 10.8 Å². The van der Waals surface area contributed by atoms with E-state index < -0.39 is 0 Å². The van der Waals surface area contributed by atoms with Crippen molar-refractivity contribution in [1.29, 1.82) is 0 Å². The van der Waals surface area contributed by atoms with Crippen molar-refractivity contribution in [1.82, 2.24) is 19.5 Å². The van der Waals surface area contributed by atoms with Crippen LogP contribution >= 0.6 is 11.8 Å². The van der Waals surface area contributed by atoms with Gasteiger partial charge in [0.05, 0.1) is 18.0 Å². The van der Waals surface area contributed by atoms with Crippen LogP contribution in [0.5, 0.6) is 0 Å². The van der Waals surface area contributed by atoms with Crippen LogP contribution in [0.15, 0.2) is 29.6 Å². The summed E-state index contributed by atoms with van der Waals surface area (Å²) < 4.78 is 7.54. The zero-order valence-corrected chi connectivity index (χ0v) is 12.9. The number of pyridine rings is 1. The maximum absolute atomic E-state index is 12.3. The number of rotatable bonds is 3. The highest BCUT2D eigenvalue weighted by Gasteiger charge is 2.26. The van der Waals surface area contributed by atoms with Gasteiger partial charge in [-0.3, -0.25) is 9.20 Å². The van der Waals surface area contributed by atoms with Gasteiger partial charge in [-0.15, -0.1) is 10.2 Å². The van der Waals surface area contributed by atoms with Gasteiger partial charge in [0.25, 0.3) is 0 Å². The van der Waals surface area contributed by atoms with Gasteiger partial charge in [-0.2, -0.15) is 0 Å². The summed E-state index contributed by atoms with van der Waals surface area (Å²) in [5.74, 6) is 0.490. The minimum absolute atomic E-state index is 0.0941. The largest absolute Gasteiger partial charge is 0.372 e. The van der Waals surface area contributed by atoms with Crippen LogP contribution in [0.1, 0.15) is 13.8 Å². The first-order chi connectivity index (χ1) is 10.1. The zero-order valence-electron chi connectivity index (χ0n) is 12.1. The molecule has 7 heteroatoms. The average molecular weight is 306 g/mol. The third-order valence-electron chi connectivity index (χ3n) is 3.38. The third kappa shape index (κ3) is 3.19. The zero-order chi connectivity index (χ0) is 14.8. The molecule has 3 rings (SSSR count). The van der Waals surface area contributed by atoms with Crippen molar-refractivity contribution in [3.8, 4) is 0 Å². The standard InChI is InChI=1S/C14H18N4O2S/c1-10-7-17(8-11(2)20-10)13(19)9-21-14-16-15-12-5-3-4-6-18(12)14/h3-6,10-11H,7-9H2,1-2H3/t10-,11-/m0/s1. The summed E-state index contributed by atoms with van der Waals surface area (Å²) in [4.78, 5) is 14.2. The van der Waals surface area contributed by atoms with E-state index in [-0.39, 0.29) is 18.1 Å². The van der Waals surface area contributed by atoms with Crippen LogP contribution in [-0.2, 0) is 9.53 Å². The lowest BCUT2D eigenvalue weighted by Gasteiger charge is -2.35. The molecule has 2 atom stereocenters. The Balaban J connectivity index is 1.63. The first-order valence-electron chi connectivity index (χ1n) is 6.99. The van der Waals surface area contributed by atoms with Crippen molar-refractivity contribution >= 4 is 23.3 Å². The summed E-state index contributed by atoms with van der Waals surface area (Å²) in [6.07, 6.45) is 2.09. The normalized spacial score (nSPS) is 22.7. The fraction of sp³-hybridized carbons (Fsp3) is 0.500. The number of fused-ring (bicyclic) bond motifs is 1. The number of carbonyl (C=O) groups is 1. The molecule has 0 spiro atoms. The smallest absolute Gasteiger partial charge is 0.233 e. The first kappa shape index (κ1) is 14.3. The van der Waals surface area contributed by atoms with Crippen molar-refractivity contribution in [2.75, 3.05) is 18.8 Å². The van der Waals surface area contributed by atoms with E-state index in [1.54, 1.807) is 0 Å². The van der Waals surface area contributed by atoms with Crippen LogP contribution in [0.25, 0.3) is 5.65 Å². The summed E-state index contributed by atoms with van der Waals surface area (Å²) in [5, 5.41) is 8.95. The molecule has 21 heavy (non-hydrogen) atoms. The monoisotopic (exact) mass is 306 g/mol. The molecule has 112 valence electrons. The Kier molecular flexibility index (Phi) is 4.12. The van der Waals surface area contributed by atoms with Gasteiger partial charge >= 0.3 is 0 Å². The summed E-state index contributed by atoms with van der Waals surface area (Å²) in [5.41, 5.74) is 0.793. The molecular formula is C14H18N4O2S. The lowest BCUT2D eigenvalue weighted by atomic mass is 10.2. The van der Waals surface area contributed by atoms with E-state index in [0.29, 0.717) is 18.8 Å². The number of carbonyl (C=O) groups excluding carboxylic acids is 1. The van der Waals surface area contributed by atoms with Crippen LogP contribution in [-0.4, -0.2) is 56.5 Å². The van der Waals surface area contributed by atoms with Crippen LogP contribution in [0.3, 0.4) is 0 Å². The van der Waals surface area contributed by atoms with Crippen LogP contribution in [0.2, 0.25) is 0 Å². The molecule has 0 bridgehead atoms. The van der Waals surface area contributed by atoms with Gasteiger partial charge < -0.3 is 9.64 Å². The molecule has 0 saturated carbocycles. The topological polar surface area (TPSA) is 59.7 Å². The maximum atomic E-state index is 12.3. The Bertz CT molecular complexity index is 635. The van der Waals surface area contributed by atoms with Gasteiger partial charge in [-0.05, 0) is 26.0 Å². The molecule has 1 fully saturated rings. The third-order valence-corrected chi connectivity index (χ3v) is 4.31. The highest BCUT2D eigenvalue weighted by atomic mass is 32.2. The molecule has 2 aromatic heterocycles. The lowest BCUT2D eigenvalue weighted by Crippen LogP contribution is -2.48. The van der Waals surface area contributed by atoms with Gasteiger partial charge in [0.2, 0.25) is 5.91 Å². The number of amides is 1. The minimum atomic E-state index is 0.0941. The minimum Gasteiger partial charge on any atom is -0.372 e.